The first kappa shape index (κ1) is 17.5. The Morgan fingerprint density at radius 3 is 1.83 bits per heavy atom. The van der Waals surface area contributed by atoms with Gasteiger partial charge in [0, 0.05) is 13.5 Å². The highest BCUT2D eigenvalue weighted by molar-refractivity contribution is 5.72. The number of benzene rings is 2. The number of esters is 1. The van der Waals surface area contributed by atoms with E-state index < -0.39 is 6.09 Å². The van der Waals surface area contributed by atoms with Crippen molar-refractivity contribution in [2.24, 2.45) is 0 Å². The molecule has 126 valence electrons. The summed E-state index contributed by atoms with van der Waals surface area (Å²) < 4.78 is 10.2. The van der Waals surface area contributed by atoms with Crippen LogP contribution in [0.3, 0.4) is 0 Å². The van der Waals surface area contributed by atoms with Gasteiger partial charge >= 0.3 is 12.1 Å². The van der Waals surface area contributed by atoms with Gasteiger partial charge < -0.3 is 14.8 Å². The first-order chi connectivity index (χ1) is 11.6. The minimum atomic E-state index is -0.443. The largest absolute Gasteiger partial charge is 0.427 e. The zero-order chi connectivity index (χ0) is 17.4. The zero-order valence-corrected chi connectivity index (χ0v) is 13.9. The summed E-state index contributed by atoms with van der Waals surface area (Å²) in [6.45, 7) is 4.04. The molecule has 0 unspecified atom stereocenters. The van der Waals surface area contributed by atoms with E-state index >= 15 is 0 Å². The molecule has 24 heavy (non-hydrogen) atoms. The molecule has 2 aromatic rings. The number of ether oxygens (including phenoxy) is 2. The Bertz CT molecular complexity index is 678. The van der Waals surface area contributed by atoms with E-state index in [2.05, 4.69) is 12.2 Å². The third-order valence-electron chi connectivity index (χ3n) is 3.31. The maximum absolute atomic E-state index is 11.6. The lowest BCUT2D eigenvalue weighted by Crippen LogP contribution is -2.27. The van der Waals surface area contributed by atoms with E-state index in [0.29, 0.717) is 18.0 Å². The Kier molecular flexibility index (Phi) is 6.37. The fraction of sp³-hybridized carbons (Fsp3) is 0.263. The standard InChI is InChI=1S/C19H21NO4/c1-3-4-13-20-19(22)24-18-11-7-16(8-12-18)15-5-9-17(10-6-15)23-14(2)21/h5-12H,3-4,13H2,1-2H3,(H,20,22). The van der Waals surface area contributed by atoms with Crippen molar-refractivity contribution < 1.29 is 19.1 Å². The van der Waals surface area contributed by atoms with Gasteiger partial charge in [-0.2, -0.15) is 0 Å². The monoisotopic (exact) mass is 327 g/mol. The van der Waals surface area contributed by atoms with Gasteiger partial charge in [-0.05, 0) is 41.8 Å². The van der Waals surface area contributed by atoms with Gasteiger partial charge in [0.15, 0.2) is 0 Å². The molecule has 2 aromatic carbocycles. The molecule has 1 amide bonds. The molecule has 0 heterocycles. The van der Waals surface area contributed by atoms with Gasteiger partial charge in [-0.3, -0.25) is 4.79 Å². The first-order valence-corrected chi connectivity index (χ1v) is 7.93. The van der Waals surface area contributed by atoms with Crippen LogP contribution in [-0.2, 0) is 4.79 Å². The van der Waals surface area contributed by atoms with Crippen LogP contribution in [0.4, 0.5) is 4.79 Å². The molecule has 0 aliphatic carbocycles. The van der Waals surface area contributed by atoms with Crippen molar-refractivity contribution in [3.05, 3.63) is 48.5 Å². The van der Waals surface area contributed by atoms with Crippen LogP contribution in [0.5, 0.6) is 11.5 Å². The van der Waals surface area contributed by atoms with E-state index in [-0.39, 0.29) is 5.97 Å². The molecule has 0 radical (unpaired) electrons. The molecular weight excluding hydrogens is 306 g/mol. The highest BCUT2D eigenvalue weighted by Gasteiger charge is 2.05. The number of nitrogens with one attached hydrogen (secondary N) is 1. The number of carbonyl (C=O) groups is 2. The van der Waals surface area contributed by atoms with Gasteiger partial charge in [-0.15, -0.1) is 0 Å². The quantitative estimate of drug-likeness (QED) is 0.491. The highest BCUT2D eigenvalue weighted by Crippen LogP contribution is 2.24. The van der Waals surface area contributed by atoms with Crippen LogP contribution in [-0.4, -0.2) is 18.6 Å². The Balaban J connectivity index is 1.96. The van der Waals surface area contributed by atoms with E-state index in [0.717, 1.165) is 24.0 Å². The smallest absolute Gasteiger partial charge is 0.412 e. The normalized spacial score (nSPS) is 10.1. The van der Waals surface area contributed by atoms with Gasteiger partial charge in [-0.25, -0.2) is 4.79 Å². The second-order valence-electron chi connectivity index (χ2n) is 5.31. The first-order valence-electron chi connectivity index (χ1n) is 7.93. The van der Waals surface area contributed by atoms with E-state index in [1.807, 2.05) is 24.3 Å². The van der Waals surface area contributed by atoms with Crippen molar-refractivity contribution in [1.29, 1.82) is 0 Å². The second kappa shape index (κ2) is 8.72. The fourth-order valence-corrected chi connectivity index (χ4v) is 2.11. The van der Waals surface area contributed by atoms with Crippen LogP contribution < -0.4 is 14.8 Å². The van der Waals surface area contributed by atoms with Gasteiger partial charge in [0.25, 0.3) is 0 Å². The summed E-state index contributed by atoms with van der Waals surface area (Å²) in [5.74, 6) is 0.653. The molecule has 0 saturated heterocycles. The average molecular weight is 327 g/mol. The number of hydrogen-bond acceptors (Lipinski definition) is 4. The molecule has 5 heteroatoms. The Labute approximate surface area is 141 Å². The summed E-state index contributed by atoms with van der Waals surface area (Å²) in [6.07, 6.45) is 1.50. The number of carbonyl (C=O) groups excluding carboxylic acids is 2. The third-order valence-corrected chi connectivity index (χ3v) is 3.31. The molecule has 2 rings (SSSR count). The zero-order valence-electron chi connectivity index (χ0n) is 13.9. The van der Waals surface area contributed by atoms with Crippen molar-refractivity contribution in [2.45, 2.75) is 26.7 Å². The molecular formula is C19H21NO4. The Hall–Kier alpha value is -2.82. The lowest BCUT2D eigenvalue weighted by atomic mass is 10.1. The molecule has 0 bridgehead atoms. The predicted octanol–water partition coefficient (Wildman–Crippen LogP) is 4.17. The molecule has 0 aliphatic rings. The van der Waals surface area contributed by atoms with Gasteiger partial charge in [0.05, 0.1) is 0 Å². The van der Waals surface area contributed by atoms with Crippen LogP contribution >= 0.6 is 0 Å². The van der Waals surface area contributed by atoms with Crippen LogP contribution in [0.25, 0.3) is 11.1 Å². The second-order valence-corrected chi connectivity index (χ2v) is 5.31. The summed E-state index contributed by atoms with van der Waals surface area (Å²) in [5, 5.41) is 2.70. The summed E-state index contributed by atoms with van der Waals surface area (Å²) in [4.78, 5) is 22.5. The maximum atomic E-state index is 11.6. The van der Waals surface area contributed by atoms with Crippen LogP contribution in [0.2, 0.25) is 0 Å². The summed E-state index contributed by atoms with van der Waals surface area (Å²) >= 11 is 0. The van der Waals surface area contributed by atoms with Gasteiger partial charge in [0.2, 0.25) is 0 Å². The number of rotatable bonds is 6. The summed E-state index contributed by atoms with van der Waals surface area (Å²) in [7, 11) is 0. The van der Waals surface area contributed by atoms with Crippen LogP contribution in [0.1, 0.15) is 26.7 Å². The van der Waals surface area contributed by atoms with Crippen molar-refractivity contribution in [3.63, 3.8) is 0 Å². The summed E-state index contributed by atoms with van der Waals surface area (Å²) in [5.41, 5.74) is 1.95. The lowest BCUT2D eigenvalue weighted by Gasteiger charge is -2.08. The molecule has 0 fully saturated rings. The number of amides is 1. The van der Waals surface area contributed by atoms with E-state index in [1.165, 1.54) is 6.92 Å². The lowest BCUT2D eigenvalue weighted by molar-refractivity contribution is -0.131. The molecule has 0 saturated carbocycles. The van der Waals surface area contributed by atoms with Gasteiger partial charge in [-0.1, -0.05) is 37.6 Å². The molecule has 0 atom stereocenters. The molecule has 5 nitrogen and oxygen atoms in total. The van der Waals surface area contributed by atoms with Crippen molar-refractivity contribution >= 4 is 12.1 Å². The average Bonchev–Trinajstić information content (AvgIpc) is 2.56. The third kappa shape index (κ3) is 5.43. The highest BCUT2D eigenvalue weighted by atomic mass is 16.6. The van der Waals surface area contributed by atoms with Crippen molar-refractivity contribution in [2.75, 3.05) is 6.54 Å². The molecule has 1 N–H and O–H groups in total. The Morgan fingerprint density at radius 2 is 1.38 bits per heavy atom. The molecule has 0 aromatic heterocycles. The Morgan fingerprint density at radius 1 is 0.875 bits per heavy atom. The minimum absolute atomic E-state index is 0.346. The fourth-order valence-electron chi connectivity index (χ4n) is 2.11. The molecule has 0 spiro atoms. The topological polar surface area (TPSA) is 64.6 Å². The minimum Gasteiger partial charge on any atom is -0.427 e. The van der Waals surface area contributed by atoms with E-state index in [4.69, 9.17) is 9.47 Å². The number of unbranched alkanes of at least 4 members (excludes halogenated alkanes) is 1. The van der Waals surface area contributed by atoms with Gasteiger partial charge in [0.1, 0.15) is 11.5 Å². The maximum Gasteiger partial charge on any atom is 0.412 e. The van der Waals surface area contributed by atoms with E-state index in [1.54, 1.807) is 24.3 Å². The predicted molar refractivity (Wildman–Crippen MR) is 92.1 cm³/mol. The molecule has 0 aliphatic heterocycles. The van der Waals surface area contributed by atoms with E-state index in [9.17, 15) is 9.59 Å². The SMILES string of the molecule is CCCCNC(=O)Oc1ccc(-c2ccc(OC(C)=O)cc2)cc1. The number of hydrogen-bond donors (Lipinski definition) is 1. The summed E-state index contributed by atoms with van der Waals surface area (Å²) in [6, 6.07) is 14.4. The van der Waals surface area contributed by atoms with Crippen molar-refractivity contribution in [1.82, 2.24) is 5.32 Å². The van der Waals surface area contributed by atoms with Crippen molar-refractivity contribution in [3.8, 4) is 22.6 Å². The van der Waals surface area contributed by atoms with Crippen LogP contribution in [0.15, 0.2) is 48.5 Å². The van der Waals surface area contributed by atoms with Crippen LogP contribution in [0, 0.1) is 0 Å².